The van der Waals surface area contributed by atoms with Crippen LogP contribution in [0.25, 0.3) is 0 Å². The van der Waals surface area contributed by atoms with Crippen LogP contribution >= 0.6 is 11.3 Å². The average molecular weight is 241 g/mol. The second-order valence-corrected chi connectivity index (χ2v) is 5.24. The third-order valence-electron chi connectivity index (χ3n) is 3.21. The second-order valence-electron chi connectivity index (χ2n) is 4.29. The maximum Gasteiger partial charge on any atom is 0.0652 e. The van der Waals surface area contributed by atoms with Gasteiger partial charge in [0.15, 0.2) is 0 Å². The lowest BCUT2D eigenvalue weighted by molar-refractivity contribution is 0.239. The van der Waals surface area contributed by atoms with Gasteiger partial charge in [0.2, 0.25) is 0 Å². The summed E-state index contributed by atoms with van der Waals surface area (Å²) in [5.74, 6) is 0.717. The van der Waals surface area contributed by atoms with Crippen LogP contribution in [-0.4, -0.2) is 18.3 Å². The number of hydrogen-bond acceptors (Lipinski definition) is 3. The molecule has 1 atom stereocenters. The highest BCUT2D eigenvalue weighted by Crippen LogP contribution is 2.23. The van der Waals surface area contributed by atoms with Crippen LogP contribution in [0.3, 0.4) is 0 Å². The predicted octanol–water partition coefficient (Wildman–Crippen LogP) is 3.12. The molecule has 2 N–H and O–H groups in total. The van der Waals surface area contributed by atoms with Crippen LogP contribution in [0.2, 0.25) is 0 Å². The number of nitrogens with one attached hydrogen (secondary N) is 1. The van der Waals surface area contributed by atoms with Crippen LogP contribution < -0.4 is 5.32 Å². The van der Waals surface area contributed by atoms with Gasteiger partial charge in [-0.25, -0.2) is 0 Å². The summed E-state index contributed by atoms with van der Waals surface area (Å²) in [4.78, 5) is 1.27. The summed E-state index contributed by atoms with van der Waals surface area (Å²) in [6, 6.07) is 2.22. The first-order valence-electron chi connectivity index (χ1n) is 6.11. The Morgan fingerprint density at radius 3 is 2.50 bits per heavy atom. The van der Waals surface area contributed by atoms with Gasteiger partial charge >= 0.3 is 0 Å². The second kappa shape index (κ2) is 7.05. The average Bonchev–Trinajstić information content (AvgIpc) is 2.71. The summed E-state index contributed by atoms with van der Waals surface area (Å²) in [5, 5.41) is 15.0. The van der Waals surface area contributed by atoms with Gasteiger partial charge in [-0.15, -0.1) is 11.3 Å². The lowest BCUT2D eigenvalue weighted by atomic mass is 10.0. The quantitative estimate of drug-likeness (QED) is 0.769. The molecule has 1 heterocycles. The lowest BCUT2D eigenvalue weighted by Gasteiger charge is -2.20. The fraction of sp³-hybridized carbons (Fsp3) is 0.692. The summed E-state index contributed by atoms with van der Waals surface area (Å²) in [6.45, 7) is 7.73. The SMILES string of the molecule is CCC(CC)CNC(CO)c1sccc1C. The van der Waals surface area contributed by atoms with Crippen LogP contribution in [0, 0.1) is 12.8 Å². The van der Waals surface area contributed by atoms with Crippen LogP contribution in [-0.2, 0) is 0 Å². The van der Waals surface area contributed by atoms with E-state index in [1.54, 1.807) is 11.3 Å². The Kier molecular flexibility index (Phi) is 6.03. The molecule has 0 spiro atoms. The number of aliphatic hydroxyl groups excluding tert-OH is 1. The Morgan fingerprint density at radius 1 is 1.38 bits per heavy atom. The third-order valence-corrected chi connectivity index (χ3v) is 4.34. The first kappa shape index (κ1) is 13.7. The monoisotopic (exact) mass is 241 g/mol. The molecule has 0 saturated carbocycles. The van der Waals surface area contributed by atoms with Gasteiger partial charge in [0.25, 0.3) is 0 Å². The van der Waals surface area contributed by atoms with Crippen molar-refractivity contribution in [3.63, 3.8) is 0 Å². The van der Waals surface area contributed by atoms with Gasteiger partial charge in [-0.3, -0.25) is 0 Å². The highest BCUT2D eigenvalue weighted by Gasteiger charge is 2.14. The molecule has 0 aliphatic heterocycles. The van der Waals surface area contributed by atoms with Crippen molar-refractivity contribution in [1.82, 2.24) is 5.32 Å². The van der Waals surface area contributed by atoms with Crippen molar-refractivity contribution in [2.24, 2.45) is 5.92 Å². The Labute approximate surface area is 103 Å². The molecule has 0 saturated heterocycles. The van der Waals surface area contributed by atoms with E-state index in [2.05, 4.69) is 37.5 Å². The molecule has 0 aromatic carbocycles. The molecule has 0 bridgehead atoms. The Balaban J connectivity index is 2.53. The maximum atomic E-state index is 9.42. The van der Waals surface area contributed by atoms with Crippen LogP contribution in [0.15, 0.2) is 11.4 Å². The van der Waals surface area contributed by atoms with Crippen LogP contribution in [0.5, 0.6) is 0 Å². The molecule has 2 nitrogen and oxygen atoms in total. The van der Waals surface area contributed by atoms with Crippen molar-refractivity contribution in [2.45, 2.75) is 39.7 Å². The minimum absolute atomic E-state index is 0.112. The van der Waals surface area contributed by atoms with Crippen molar-refractivity contribution in [3.8, 4) is 0 Å². The summed E-state index contributed by atoms with van der Waals surface area (Å²) in [6.07, 6.45) is 2.40. The smallest absolute Gasteiger partial charge is 0.0652 e. The normalized spacial score (nSPS) is 13.3. The van der Waals surface area contributed by atoms with Gasteiger partial charge < -0.3 is 10.4 Å². The van der Waals surface area contributed by atoms with Crippen molar-refractivity contribution in [3.05, 3.63) is 21.9 Å². The molecular weight excluding hydrogens is 218 g/mol. The zero-order valence-electron chi connectivity index (χ0n) is 10.5. The molecule has 1 unspecified atom stereocenters. The van der Waals surface area contributed by atoms with Crippen molar-refractivity contribution >= 4 is 11.3 Å². The van der Waals surface area contributed by atoms with Crippen LogP contribution in [0.1, 0.15) is 43.2 Å². The van der Waals surface area contributed by atoms with E-state index in [1.807, 2.05) is 0 Å². The molecule has 92 valence electrons. The van der Waals surface area contributed by atoms with Crippen molar-refractivity contribution in [1.29, 1.82) is 0 Å². The summed E-state index contributed by atoms with van der Waals surface area (Å²) < 4.78 is 0. The van der Waals surface area contributed by atoms with Gasteiger partial charge in [-0.2, -0.15) is 0 Å². The molecule has 0 amide bonds. The fourth-order valence-corrected chi connectivity index (χ4v) is 2.86. The zero-order chi connectivity index (χ0) is 12.0. The fourth-order valence-electron chi connectivity index (χ4n) is 1.87. The molecule has 1 aromatic heterocycles. The summed E-state index contributed by atoms with van der Waals surface area (Å²) in [7, 11) is 0. The maximum absolute atomic E-state index is 9.42. The molecular formula is C13H23NOS. The van der Waals surface area contributed by atoms with Crippen LogP contribution in [0.4, 0.5) is 0 Å². The number of rotatable bonds is 7. The minimum Gasteiger partial charge on any atom is -0.394 e. The highest BCUT2D eigenvalue weighted by atomic mass is 32.1. The first-order valence-corrected chi connectivity index (χ1v) is 6.99. The number of hydrogen-bond donors (Lipinski definition) is 2. The minimum atomic E-state index is 0.112. The standard InChI is InChI=1S/C13H23NOS/c1-4-11(5-2)8-14-12(9-15)13-10(3)6-7-16-13/h6-7,11-12,14-15H,4-5,8-9H2,1-3H3. The highest BCUT2D eigenvalue weighted by molar-refractivity contribution is 7.10. The number of thiophene rings is 1. The zero-order valence-corrected chi connectivity index (χ0v) is 11.3. The van der Waals surface area contributed by atoms with E-state index in [9.17, 15) is 5.11 Å². The number of aliphatic hydroxyl groups is 1. The Bertz CT molecular complexity index is 294. The molecule has 0 radical (unpaired) electrons. The van der Waals surface area contributed by atoms with E-state index in [0.717, 1.165) is 6.54 Å². The van der Waals surface area contributed by atoms with Gasteiger partial charge in [0.05, 0.1) is 12.6 Å². The van der Waals surface area contributed by atoms with Crippen molar-refractivity contribution < 1.29 is 5.11 Å². The van der Waals surface area contributed by atoms with Gasteiger partial charge in [-0.1, -0.05) is 26.7 Å². The lowest BCUT2D eigenvalue weighted by Crippen LogP contribution is -2.29. The third kappa shape index (κ3) is 3.58. The van der Waals surface area contributed by atoms with Gasteiger partial charge in [0.1, 0.15) is 0 Å². The molecule has 1 rings (SSSR count). The first-order chi connectivity index (χ1) is 7.72. The largest absolute Gasteiger partial charge is 0.394 e. The van der Waals surface area contributed by atoms with E-state index in [0.29, 0.717) is 5.92 Å². The van der Waals surface area contributed by atoms with Crippen molar-refractivity contribution in [2.75, 3.05) is 13.2 Å². The predicted molar refractivity (Wildman–Crippen MR) is 71.0 cm³/mol. The molecule has 1 aromatic rings. The van der Waals surface area contributed by atoms with E-state index < -0.39 is 0 Å². The molecule has 0 aliphatic rings. The molecule has 0 fully saturated rings. The van der Waals surface area contributed by atoms with Gasteiger partial charge in [-0.05, 0) is 36.4 Å². The van der Waals surface area contributed by atoms with E-state index in [4.69, 9.17) is 0 Å². The Morgan fingerprint density at radius 2 is 2.06 bits per heavy atom. The summed E-state index contributed by atoms with van der Waals surface area (Å²) in [5.41, 5.74) is 1.28. The summed E-state index contributed by atoms with van der Waals surface area (Å²) >= 11 is 1.73. The molecule has 0 aliphatic carbocycles. The van der Waals surface area contributed by atoms with E-state index in [1.165, 1.54) is 23.3 Å². The molecule has 3 heteroatoms. The molecule has 16 heavy (non-hydrogen) atoms. The van der Waals surface area contributed by atoms with Gasteiger partial charge in [0, 0.05) is 4.88 Å². The van der Waals surface area contributed by atoms with E-state index >= 15 is 0 Å². The van der Waals surface area contributed by atoms with E-state index in [-0.39, 0.29) is 12.6 Å². The topological polar surface area (TPSA) is 32.3 Å². The number of aryl methyl sites for hydroxylation is 1. The Hall–Kier alpha value is -0.380.